The highest BCUT2D eigenvalue weighted by atomic mass is 15.1. The van der Waals surface area contributed by atoms with Gasteiger partial charge in [0.05, 0.1) is 6.04 Å². The fourth-order valence-corrected chi connectivity index (χ4v) is 1.72. The van der Waals surface area contributed by atoms with Gasteiger partial charge in [-0.15, -0.1) is 0 Å². The predicted octanol–water partition coefficient (Wildman–Crippen LogP) is 3.72. The predicted molar refractivity (Wildman–Crippen MR) is 53.0 cm³/mol. The first-order valence-electron chi connectivity index (χ1n) is 7.04. The Labute approximate surface area is 79.9 Å². The summed E-state index contributed by atoms with van der Waals surface area (Å²) in [5, 5.41) is 3.75. The van der Waals surface area contributed by atoms with Crippen molar-refractivity contribution in [1.82, 2.24) is 0 Å². The van der Waals surface area contributed by atoms with E-state index >= 15 is 0 Å². The second-order valence-electron chi connectivity index (χ2n) is 2.96. The zero-order valence-corrected chi connectivity index (χ0v) is 6.64. The second kappa shape index (κ2) is 2.88. The molecule has 0 aromatic heterocycles. The van der Waals surface area contributed by atoms with Crippen LogP contribution in [-0.2, 0) is 6.42 Å². The van der Waals surface area contributed by atoms with Gasteiger partial charge < -0.3 is 0 Å². The molecule has 0 radical (unpaired) electrons. The highest BCUT2D eigenvalue weighted by Gasteiger charge is 2.19. The zero-order valence-electron chi connectivity index (χ0n) is 12.6. The molecule has 0 bridgehead atoms. The van der Waals surface area contributed by atoms with Crippen molar-refractivity contribution in [3.63, 3.8) is 0 Å². The van der Waals surface area contributed by atoms with Crippen molar-refractivity contribution in [2.24, 2.45) is 5.11 Å². The highest BCUT2D eigenvalue weighted by molar-refractivity contribution is 5.34. The van der Waals surface area contributed by atoms with E-state index in [1.807, 2.05) is 18.2 Å². The van der Waals surface area contributed by atoms with E-state index in [0.29, 0.717) is 0 Å². The second-order valence-corrected chi connectivity index (χ2v) is 2.96. The normalized spacial score (nSPS) is 21.8. The lowest BCUT2D eigenvalue weighted by molar-refractivity contribution is 0.707. The van der Waals surface area contributed by atoms with E-state index in [2.05, 4.69) is 16.1 Å². The summed E-state index contributed by atoms with van der Waals surface area (Å²) in [6.07, 6.45) is 2.00. The molecule has 0 saturated carbocycles. The Morgan fingerprint density at radius 2 is 2.42 bits per heavy atom. The number of rotatable bonds is 1. The summed E-state index contributed by atoms with van der Waals surface area (Å²) in [6, 6.07) is 8.23. The third-order valence-corrected chi connectivity index (χ3v) is 2.29. The van der Waals surface area contributed by atoms with Crippen LogP contribution >= 0.6 is 0 Å². The summed E-state index contributed by atoms with van der Waals surface area (Å²) in [5.74, 6) is 0. The van der Waals surface area contributed by atoms with Gasteiger partial charge in [-0.2, -0.15) is 0 Å². The smallest absolute Gasteiger partial charge is 0.0631 e. The van der Waals surface area contributed by atoms with Gasteiger partial charge in [-0.1, -0.05) is 29.4 Å². The average molecular weight is 171 g/mol. The van der Waals surface area contributed by atoms with Crippen molar-refractivity contribution in [2.45, 2.75) is 18.9 Å². The van der Waals surface area contributed by atoms with E-state index in [1.165, 1.54) is 11.1 Å². The summed E-state index contributed by atoms with van der Waals surface area (Å²) in [4.78, 5) is 2.84. The van der Waals surface area contributed by atoms with Gasteiger partial charge in [-0.3, -0.25) is 0 Å². The topological polar surface area (TPSA) is 48.8 Å². The molecule has 0 amide bonds. The molecule has 1 aliphatic rings. The number of hydrogen-bond acceptors (Lipinski definition) is 1. The SMILES string of the molecule is [2H][2H].[2H][2H].[2H][2H].[N-]=[N+]=NC1CCc2ccccc21. The lowest BCUT2D eigenvalue weighted by atomic mass is 10.1. The lowest BCUT2D eigenvalue weighted by Gasteiger charge is -2.01. The van der Waals surface area contributed by atoms with E-state index in [9.17, 15) is 0 Å². The summed E-state index contributed by atoms with van der Waals surface area (Å²) in [6.45, 7) is 0. The molecule has 0 saturated heterocycles. The minimum Gasteiger partial charge on any atom is -0.0859 e. The zero-order chi connectivity index (χ0) is 14.4. The van der Waals surface area contributed by atoms with Crippen LogP contribution in [0.25, 0.3) is 10.4 Å². The number of benzene rings is 1. The van der Waals surface area contributed by atoms with Crippen LogP contribution in [0.15, 0.2) is 29.4 Å². The van der Waals surface area contributed by atoms with Gasteiger partial charge in [0, 0.05) is 13.8 Å². The van der Waals surface area contributed by atoms with Crippen molar-refractivity contribution in [1.29, 1.82) is 0 Å². The van der Waals surface area contributed by atoms with Crippen LogP contribution in [0, 0.1) is 0 Å². The molecule has 3 heteroatoms. The molecule has 0 N–H and O–H groups in total. The highest BCUT2D eigenvalue weighted by Crippen LogP contribution is 2.33. The number of hydrogen-bond donors (Lipinski definition) is 0. The molecule has 1 aromatic rings. The van der Waals surface area contributed by atoms with Gasteiger partial charge >= 0.3 is 0 Å². The Morgan fingerprint density at radius 3 is 3.25 bits per heavy atom. The molecule has 0 aliphatic heterocycles. The number of azide groups is 1. The maximum absolute atomic E-state index is 8.31. The molecule has 12 heavy (non-hydrogen) atoms. The monoisotopic (exact) mass is 171 g/mol. The van der Waals surface area contributed by atoms with E-state index in [4.69, 9.17) is 14.4 Å². The molecule has 1 aliphatic carbocycles. The van der Waals surface area contributed by atoms with Crippen LogP contribution in [0.2, 0.25) is 0 Å². The van der Waals surface area contributed by atoms with E-state index < -0.39 is 0 Å². The Balaban J connectivity index is 0. The molecule has 2 rings (SSSR count). The van der Waals surface area contributed by atoms with Crippen LogP contribution in [-0.4, -0.2) is 0 Å². The molecule has 3 nitrogen and oxygen atoms in total. The Kier molecular flexibility index (Phi) is 1.09. The van der Waals surface area contributed by atoms with Crippen molar-refractivity contribution < 1.29 is 8.91 Å². The fraction of sp³-hybridized carbons (Fsp3) is 0.333. The Bertz CT molecular complexity index is 356. The Hall–Kier alpha value is -1.47. The summed E-state index contributed by atoms with van der Waals surface area (Å²) in [7, 11) is 0. The van der Waals surface area contributed by atoms with Crippen LogP contribution in [0.3, 0.4) is 0 Å². The maximum atomic E-state index is 8.31. The first kappa shape index (κ1) is 4.53. The van der Waals surface area contributed by atoms with Gasteiger partial charge in [-0.25, -0.2) is 0 Å². The average Bonchev–Trinajstić information content (AvgIpc) is 2.89. The van der Waals surface area contributed by atoms with E-state index in [1.54, 1.807) is 0 Å². The van der Waals surface area contributed by atoms with Crippen molar-refractivity contribution in [3.8, 4) is 0 Å². The van der Waals surface area contributed by atoms with Crippen molar-refractivity contribution in [3.05, 3.63) is 45.8 Å². The van der Waals surface area contributed by atoms with Gasteiger partial charge in [0.25, 0.3) is 0 Å². The van der Waals surface area contributed by atoms with E-state index in [0.717, 1.165) is 12.8 Å². The van der Waals surface area contributed by atoms with Gasteiger partial charge in [0.2, 0.25) is 0 Å². The molecule has 0 heterocycles. The minimum absolute atomic E-state index is 0.0752. The number of nitrogens with zero attached hydrogens (tertiary/aromatic N) is 3. The van der Waals surface area contributed by atoms with E-state index in [-0.39, 0.29) is 6.04 Å². The molecule has 1 aromatic carbocycles. The number of aryl methyl sites for hydroxylation is 1. The fourth-order valence-electron chi connectivity index (χ4n) is 1.72. The molecular weight excluding hydrogens is 150 g/mol. The molecule has 1 atom stereocenters. The Morgan fingerprint density at radius 1 is 1.58 bits per heavy atom. The largest absolute Gasteiger partial charge is 0.0859 e. The summed E-state index contributed by atoms with van der Waals surface area (Å²) >= 11 is 0. The molecular formula is C9H15N3. The van der Waals surface area contributed by atoms with Gasteiger partial charge in [-0.05, 0) is 29.5 Å². The van der Waals surface area contributed by atoms with Crippen molar-refractivity contribution in [2.75, 3.05) is 0 Å². The quantitative estimate of drug-likeness (QED) is 0.351. The molecule has 1 unspecified atom stereocenters. The third kappa shape index (κ3) is 1.04. The number of fused-ring (bicyclic) bond motifs is 1. The summed E-state index contributed by atoms with van der Waals surface area (Å²) < 4.78 is 30.0. The maximum Gasteiger partial charge on any atom is 0.0631 e. The first-order chi connectivity index (χ1) is 8.92. The lowest BCUT2D eigenvalue weighted by Crippen LogP contribution is -1.85. The van der Waals surface area contributed by atoms with Crippen LogP contribution in [0.1, 0.15) is 32.5 Å². The molecule has 0 fully saturated rings. The van der Waals surface area contributed by atoms with Crippen LogP contribution < -0.4 is 0 Å². The molecule has 66 valence electrons. The van der Waals surface area contributed by atoms with Gasteiger partial charge in [0.15, 0.2) is 0 Å². The molecule has 0 spiro atoms. The van der Waals surface area contributed by atoms with Crippen LogP contribution in [0.5, 0.6) is 0 Å². The first-order valence-corrected chi connectivity index (χ1v) is 4.04. The minimum atomic E-state index is 0.0752. The van der Waals surface area contributed by atoms with Gasteiger partial charge in [0.1, 0.15) is 0 Å². The standard InChI is InChI=1S/C9H9N3.3H2/c10-12-11-9-6-5-7-3-1-2-4-8(7)9;;;/h1-4,9H,5-6H2;3*1H/i;3*1+1D. The summed E-state index contributed by atoms with van der Waals surface area (Å²) in [5.41, 5.74) is 10.8. The van der Waals surface area contributed by atoms with Crippen LogP contribution in [0.4, 0.5) is 0 Å². The van der Waals surface area contributed by atoms with Crippen molar-refractivity contribution >= 4 is 0 Å². The third-order valence-electron chi connectivity index (χ3n) is 2.29.